The minimum atomic E-state index is -1.07. The summed E-state index contributed by atoms with van der Waals surface area (Å²) in [4.78, 5) is 32.1. The van der Waals surface area contributed by atoms with Crippen molar-refractivity contribution in [2.45, 2.75) is 25.8 Å². The van der Waals surface area contributed by atoms with E-state index in [9.17, 15) is 24.1 Å². The Morgan fingerprint density at radius 1 is 1.50 bits per heavy atom. The second-order valence-electron chi connectivity index (χ2n) is 4.10. The van der Waals surface area contributed by atoms with Crippen molar-refractivity contribution in [2.75, 3.05) is 0 Å². The number of nitrogens with one attached hydrogen (secondary N) is 1. The van der Waals surface area contributed by atoms with E-state index in [4.69, 9.17) is 5.11 Å². The summed E-state index contributed by atoms with van der Waals surface area (Å²) in [5.41, 5.74) is -0.897. The van der Waals surface area contributed by atoms with Gasteiger partial charge >= 0.3 is 11.7 Å². The van der Waals surface area contributed by atoms with E-state index in [1.165, 1.54) is 0 Å². The van der Waals surface area contributed by atoms with Gasteiger partial charge in [-0.3, -0.25) is 19.7 Å². The summed E-state index contributed by atoms with van der Waals surface area (Å²) in [7, 11) is 0. The first-order chi connectivity index (χ1) is 9.35. The van der Waals surface area contributed by atoms with E-state index in [1.807, 2.05) is 0 Å². The zero-order valence-electron chi connectivity index (χ0n) is 10.6. The lowest BCUT2D eigenvalue weighted by Gasteiger charge is -2.14. The fourth-order valence-electron chi connectivity index (χ4n) is 1.57. The standard InChI is InChI=1S/C12H13FN2O5/c1-2-8(6-11(16)17)14-12(18)7-3-4-9(13)10(5-7)15(19)20/h3-5,8H,2,6H2,1H3,(H,14,18)(H,16,17). The molecule has 1 rings (SSSR count). The van der Waals surface area contributed by atoms with Gasteiger partial charge in [-0.2, -0.15) is 4.39 Å². The van der Waals surface area contributed by atoms with Gasteiger partial charge < -0.3 is 10.4 Å². The Morgan fingerprint density at radius 2 is 2.15 bits per heavy atom. The maximum absolute atomic E-state index is 13.1. The highest BCUT2D eigenvalue weighted by Gasteiger charge is 2.20. The molecule has 0 aliphatic rings. The number of carboxylic acids is 1. The van der Waals surface area contributed by atoms with Crippen LogP contribution in [-0.4, -0.2) is 27.9 Å². The Morgan fingerprint density at radius 3 is 2.65 bits per heavy atom. The molecule has 0 aliphatic carbocycles. The summed E-state index contributed by atoms with van der Waals surface area (Å²) >= 11 is 0. The number of carbonyl (C=O) groups excluding carboxylic acids is 1. The highest BCUT2D eigenvalue weighted by atomic mass is 19.1. The van der Waals surface area contributed by atoms with Crippen molar-refractivity contribution in [3.05, 3.63) is 39.7 Å². The number of benzene rings is 1. The Balaban J connectivity index is 2.89. The number of carbonyl (C=O) groups is 2. The predicted octanol–water partition coefficient (Wildman–Crippen LogP) is 1.72. The van der Waals surface area contributed by atoms with Gasteiger partial charge in [0.1, 0.15) is 0 Å². The number of hydrogen-bond donors (Lipinski definition) is 2. The van der Waals surface area contributed by atoms with Gasteiger partial charge in [0.2, 0.25) is 5.82 Å². The lowest BCUT2D eigenvalue weighted by atomic mass is 10.1. The summed E-state index contributed by atoms with van der Waals surface area (Å²) in [5.74, 6) is -2.78. The van der Waals surface area contributed by atoms with Crippen molar-refractivity contribution in [2.24, 2.45) is 0 Å². The molecule has 0 aliphatic heterocycles. The van der Waals surface area contributed by atoms with Crippen LogP contribution < -0.4 is 5.32 Å². The van der Waals surface area contributed by atoms with Crippen molar-refractivity contribution < 1.29 is 24.0 Å². The largest absolute Gasteiger partial charge is 0.481 e. The maximum atomic E-state index is 13.1. The molecule has 1 atom stereocenters. The van der Waals surface area contributed by atoms with E-state index < -0.39 is 34.3 Å². The molecule has 0 saturated heterocycles. The Labute approximate surface area is 113 Å². The van der Waals surface area contributed by atoms with E-state index >= 15 is 0 Å². The molecule has 0 heterocycles. The van der Waals surface area contributed by atoms with E-state index in [2.05, 4.69) is 5.32 Å². The van der Waals surface area contributed by atoms with Crippen molar-refractivity contribution in [3.8, 4) is 0 Å². The molecule has 1 amide bonds. The molecule has 0 aromatic heterocycles. The zero-order valence-corrected chi connectivity index (χ0v) is 10.6. The molecule has 7 nitrogen and oxygen atoms in total. The topological polar surface area (TPSA) is 110 Å². The van der Waals surface area contributed by atoms with Crippen LogP contribution in [0.2, 0.25) is 0 Å². The Kier molecular flexibility index (Phi) is 5.13. The van der Waals surface area contributed by atoms with Gasteiger partial charge in [0.25, 0.3) is 5.91 Å². The average Bonchev–Trinajstić information content (AvgIpc) is 2.37. The summed E-state index contributed by atoms with van der Waals surface area (Å²) in [6.45, 7) is 1.70. The number of aliphatic carboxylic acids is 1. The molecule has 1 unspecified atom stereocenters. The summed E-state index contributed by atoms with van der Waals surface area (Å²) in [6.07, 6.45) is 0.132. The summed E-state index contributed by atoms with van der Waals surface area (Å²) in [6, 6.07) is 2.15. The normalized spacial score (nSPS) is 11.7. The highest BCUT2D eigenvalue weighted by Crippen LogP contribution is 2.18. The third kappa shape index (κ3) is 4.01. The lowest BCUT2D eigenvalue weighted by molar-refractivity contribution is -0.387. The quantitative estimate of drug-likeness (QED) is 0.610. The molecule has 20 heavy (non-hydrogen) atoms. The lowest BCUT2D eigenvalue weighted by Crippen LogP contribution is -2.36. The molecule has 0 bridgehead atoms. The summed E-state index contributed by atoms with van der Waals surface area (Å²) in [5, 5.41) is 21.7. The molecule has 0 saturated carbocycles. The van der Waals surface area contributed by atoms with Crippen LogP contribution in [0.1, 0.15) is 30.1 Å². The second kappa shape index (κ2) is 6.60. The Bertz CT molecular complexity index is 547. The molecule has 0 radical (unpaired) electrons. The molecular weight excluding hydrogens is 271 g/mol. The predicted molar refractivity (Wildman–Crippen MR) is 66.9 cm³/mol. The van der Waals surface area contributed by atoms with Crippen LogP contribution in [0.15, 0.2) is 18.2 Å². The first-order valence-corrected chi connectivity index (χ1v) is 5.81. The number of halogens is 1. The number of carboxylic acid groups (broad SMARTS) is 1. The smallest absolute Gasteiger partial charge is 0.305 e. The van der Waals surface area contributed by atoms with Gasteiger partial charge in [0.15, 0.2) is 0 Å². The van der Waals surface area contributed by atoms with Crippen molar-refractivity contribution in [1.82, 2.24) is 5.32 Å². The van der Waals surface area contributed by atoms with Crippen molar-refractivity contribution in [1.29, 1.82) is 0 Å². The van der Waals surface area contributed by atoms with Gasteiger partial charge in [-0.05, 0) is 18.6 Å². The number of amides is 1. The van der Waals surface area contributed by atoms with Crippen LogP contribution in [0.25, 0.3) is 0 Å². The van der Waals surface area contributed by atoms with E-state index in [1.54, 1.807) is 6.92 Å². The van der Waals surface area contributed by atoms with Gasteiger partial charge in [0.05, 0.1) is 11.3 Å². The molecule has 2 N–H and O–H groups in total. The van der Waals surface area contributed by atoms with E-state index in [0.717, 1.165) is 18.2 Å². The minimum Gasteiger partial charge on any atom is -0.481 e. The SMILES string of the molecule is CCC(CC(=O)O)NC(=O)c1ccc(F)c([N+](=O)[O-])c1. The monoisotopic (exact) mass is 284 g/mol. The average molecular weight is 284 g/mol. The molecule has 0 fully saturated rings. The van der Waals surface area contributed by atoms with E-state index in [-0.39, 0.29) is 12.0 Å². The number of hydrogen-bond acceptors (Lipinski definition) is 4. The number of rotatable bonds is 6. The van der Waals surface area contributed by atoms with Crippen molar-refractivity contribution in [3.63, 3.8) is 0 Å². The molecule has 0 spiro atoms. The number of nitro groups is 1. The zero-order chi connectivity index (χ0) is 15.3. The fourth-order valence-corrected chi connectivity index (χ4v) is 1.57. The van der Waals surface area contributed by atoms with Crippen molar-refractivity contribution >= 4 is 17.6 Å². The molecule has 108 valence electrons. The minimum absolute atomic E-state index is 0.0954. The third-order valence-corrected chi connectivity index (χ3v) is 2.65. The van der Waals surface area contributed by atoms with Crippen LogP contribution in [0.3, 0.4) is 0 Å². The van der Waals surface area contributed by atoms with Gasteiger partial charge in [0, 0.05) is 17.7 Å². The number of nitrogens with zero attached hydrogens (tertiary/aromatic N) is 1. The first-order valence-electron chi connectivity index (χ1n) is 5.81. The third-order valence-electron chi connectivity index (χ3n) is 2.65. The molecule has 1 aromatic carbocycles. The maximum Gasteiger partial charge on any atom is 0.305 e. The number of nitro benzene ring substituents is 1. The van der Waals surface area contributed by atoms with Crippen LogP contribution in [0, 0.1) is 15.9 Å². The fraction of sp³-hybridized carbons (Fsp3) is 0.333. The summed E-state index contributed by atoms with van der Waals surface area (Å²) < 4.78 is 13.1. The highest BCUT2D eigenvalue weighted by molar-refractivity contribution is 5.95. The van der Waals surface area contributed by atoms with E-state index in [0.29, 0.717) is 6.42 Å². The second-order valence-corrected chi connectivity index (χ2v) is 4.10. The first kappa shape index (κ1) is 15.5. The van der Waals surface area contributed by atoms with Crippen LogP contribution in [-0.2, 0) is 4.79 Å². The molecular formula is C12H13FN2O5. The van der Waals surface area contributed by atoms with Gasteiger partial charge in [-0.25, -0.2) is 0 Å². The molecule has 1 aromatic rings. The van der Waals surface area contributed by atoms with Crippen LogP contribution >= 0.6 is 0 Å². The van der Waals surface area contributed by atoms with Crippen LogP contribution in [0.5, 0.6) is 0 Å². The van der Waals surface area contributed by atoms with Crippen LogP contribution in [0.4, 0.5) is 10.1 Å². The van der Waals surface area contributed by atoms with Gasteiger partial charge in [-0.1, -0.05) is 6.92 Å². The Hall–Kier alpha value is -2.51. The van der Waals surface area contributed by atoms with Gasteiger partial charge in [-0.15, -0.1) is 0 Å². The molecule has 8 heteroatoms.